The minimum atomic E-state index is 0.753. The van der Waals surface area contributed by atoms with Crippen molar-refractivity contribution in [3.05, 3.63) is 22.8 Å². The number of aromatic nitrogens is 1. The van der Waals surface area contributed by atoms with Crippen LogP contribution >= 0.6 is 23.4 Å². The van der Waals surface area contributed by atoms with Crippen LogP contribution in [0.2, 0.25) is 5.02 Å². The number of halogens is 1. The molecule has 0 aliphatic carbocycles. The fourth-order valence-electron chi connectivity index (χ4n) is 1.95. The highest BCUT2D eigenvalue weighted by atomic mass is 35.5. The van der Waals surface area contributed by atoms with Gasteiger partial charge in [-0.25, -0.2) is 4.98 Å². The van der Waals surface area contributed by atoms with Gasteiger partial charge in [0.1, 0.15) is 5.82 Å². The Hall–Kier alpha value is -0.450. The van der Waals surface area contributed by atoms with Crippen LogP contribution in [0.4, 0.5) is 5.82 Å². The van der Waals surface area contributed by atoms with Crippen molar-refractivity contribution in [3.8, 4) is 0 Å². The van der Waals surface area contributed by atoms with E-state index < -0.39 is 0 Å². The second-order valence-corrected chi connectivity index (χ2v) is 6.01. The topological polar surface area (TPSA) is 28.2 Å². The first-order chi connectivity index (χ1) is 8.81. The maximum absolute atomic E-state index is 6.19. The smallest absolute Gasteiger partial charge is 0.129 e. The Morgan fingerprint density at radius 3 is 2.89 bits per heavy atom. The first-order valence-corrected chi connectivity index (χ1v) is 8.03. The van der Waals surface area contributed by atoms with E-state index in [4.69, 9.17) is 11.6 Å². The summed E-state index contributed by atoms with van der Waals surface area (Å²) in [6.07, 6.45) is 1.13. The van der Waals surface area contributed by atoms with Crippen LogP contribution in [0.5, 0.6) is 0 Å². The van der Waals surface area contributed by atoms with Gasteiger partial charge < -0.3 is 10.2 Å². The third-order valence-corrected chi connectivity index (χ3v) is 4.24. The van der Waals surface area contributed by atoms with E-state index in [2.05, 4.69) is 22.1 Å². The molecule has 1 aliphatic rings. The molecule has 0 amide bonds. The Labute approximate surface area is 118 Å². The standard InChI is InChI=1S/C13H20ClN3S/c1-2-5-15-10-12-11(14)3-4-13(16-12)17-6-8-18-9-7-17/h3-4,15H,2,5-10H2,1H3. The molecule has 1 aromatic rings. The molecule has 1 fully saturated rings. The summed E-state index contributed by atoms with van der Waals surface area (Å²) in [5.74, 6) is 3.44. The second kappa shape index (κ2) is 7.22. The van der Waals surface area contributed by atoms with E-state index in [-0.39, 0.29) is 0 Å². The average Bonchev–Trinajstić information content (AvgIpc) is 2.42. The molecule has 0 atom stereocenters. The van der Waals surface area contributed by atoms with Crippen molar-refractivity contribution in [1.29, 1.82) is 0 Å². The molecule has 0 saturated carbocycles. The molecular weight excluding hydrogens is 266 g/mol. The zero-order valence-corrected chi connectivity index (χ0v) is 12.4. The summed E-state index contributed by atoms with van der Waals surface area (Å²) in [4.78, 5) is 7.03. The van der Waals surface area contributed by atoms with E-state index in [1.807, 2.05) is 23.9 Å². The molecule has 1 N–H and O–H groups in total. The van der Waals surface area contributed by atoms with E-state index >= 15 is 0 Å². The molecule has 3 nitrogen and oxygen atoms in total. The van der Waals surface area contributed by atoms with Gasteiger partial charge in [-0.1, -0.05) is 18.5 Å². The van der Waals surface area contributed by atoms with Crippen molar-refractivity contribution in [3.63, 3.8) is 0 Å². The number of anilines is 1. The van der Waals surface area contributed by atoms with Gasteiger partial charge in [0.05, 0.1) is 10.7 Å². The third kappa shape index (κ3) is 3.77. The summed E-state index contributed by atoms with van der Waals surface area (Å²) in [5.41, 5.74) is 0.959. The maximum atomic E-state index is 6.19. The Kier molecular flexibility index (Phi) is 5.60. The fourth-order valence-corrected chi connectivity index (χ4v) is 3.02. The Bertz CT molecular complexity index is 380. The van der Waals surface area contributed by atoms with Crippen LogP contribution in [-0.2, 0) is 6.54 Å². The first kappa shape index (κ1) is 14.0. The number of nitrogens with zero attached hydrogens (tertiary/aromatic N) is 2. The SMILES string of the molecule is CCCNCc1nc(N2CCSCC2)ccc1Cl. The lowest BCUT2D eigenvalue weighted by molar-refractivity contribution is 0.663. The minimum absolute atomic E-state index is 0.753. The van der Waals surface area contributed by atoms with Crippen LogP contribution in [0.25, 0.3) is 0 Å². The summed E-state index contributed by atoms with van der Waals surface area (Å²) in [6, 6.07) is 4.00. The normalized spacial score (nSPS) is 16.0. The molecule has 100 valence electrons. The van der Waals surface area contributed by atoms with Gasteiger partial charge in [-0.3, -0.25) is 0 Å². The van der Waals surface area contributed by atoms with Gasteiger partial charge in [0.15, 0.2) is 0 Å². The molecular formula is C13H20ClN3S. The quantitative estimate of drug-likeness (QED) is 0.842. The molecule has 0 radical (unpaired) electrons. The average molecular weight is 286 g/mol. The zero-order valence-electron chi connectivity index (χ0n) is 10.8. The molecule has 0 spiro atoms. The molecule has 1 saturated heterocycles. The Balaban J connectivity index is 2.04. The van der Waals surface area contributed by atoms with E-state index in [1.54, 1.807) is 0 Å². The molecule has 0 aromatic carbocycles. The van der Waals surface area contributed by atoms with Crippen molar-refractivity contribution in [2.24, 2.45) is 0 Å². The summed E-state index contributed by atoms with van der Waals surface area (Å²) in [5, 5.41) is 4.11. The van der Waals surface area contributed by atoms with E-state index in [9.17, 15) is 0 Å². The minimum Gasteiger partial charge on any atom is -0.355 e. The van der Waals surface area contributed by atoms with Crippen LogP contribution < -0.4 is 10.2 Å². The van der Waals surface area contributed by atoms with Crippen molar-refractivity contribution in [2.75, 3.05) is 36.0 Å². The van der Waals surface area contributed by atoms with Gasteiger partial charge in [0.25, 0.3) is 0 Å². The largest absolute Gasteiger partial charge is 0.355 e. The van der Waals surface area contributed by atoms with Crippen molar-refractivity contribution in [2.45, 2.75) is 19.9 Å². The zero-order chi connectivity index (χ0) is 12.8. The maximum Gasteiger partial charge on any atom is 0.129 e. The molecule has 1 aliphatic heterocycles. The number of thioether (sulfide) groups is 1. The number of pyridine rings is 1. The van der Waals surface area contributed by atoms with Crippen molar-refractivity contribution >= 4 is 29.2 Å². The molecule has 0 bridgehead atoms. The van der Waals surface area contributed by atoms with Crippen LogP contribution in [0, 0.1) is 0 Å². The van der Waals surface area contributed by atoms with Crippen molar-refractivity contribution in [1.82, 2.24) is 10.3 Å². The van der Waals surface area contributed by atoms with Gasteiger partial charge in [0, 0.05) is 31.1 Å². The first-order valence-electron chi connectivity index (χ1n) is 6.50. The highest BCUT2D eigenvalue weighted by Crippen LogP contribution is 2.21. The summed E-state index contributed by atoms with van der Waals surface area (Å²) in [6.45, 7) is 6.08. The third-order valence-electron chi connectivity index (χ3n) is 2.96. The van der Waals surface area contributed by atoms with Gasteiger partial charge in [-0.15, -0.1) is 0 Å². The molecule has 18 heavy (non-hydrogen) atoms. The highest BCUT2D eigenvalue weighted by Gasteiger charge is 2.13. The summed E-state index contributed by atoms with van der Waals surface area (Å²) in [7, 11) is 0. The Morgan fingerprint density at radius 2 is 2.17 bits per heavy atom. The van der Waals surface area contributed by atoms with Crippen LogP contribution in [0.1, 0.15) is 19.0 Å². The van der Waals surface area contributed by atoms with E-state index in [0.29, 0.717) is 0 Å². The number of hydrogen-bond donors (Lipinski definition) is 1. The van der Waals surface area contributed by atoms with E-state index in [0.717, 1.165) is 49.1 Å². The molecule has 2 rings (SSSR count). The molecule has 1 aromatic heterocycles. The van der Waals surface area contributed by atoms with Crippen LogP contribution in [0.3, 0.4) is 0 Å². The van der Waals surface area contributed by atoms with Crippen LogP contribution in [-0.4, -0.2) is 36.1 Å². The molecule has 2 heterocycles. The number of rotatable bonds is 5. The molecule has 5 heteroatoms. The predicted octanol–water partition coefficient (Wildman–Crippen LogP) is 2.79. The summed E-state index contributed by atoms with van der Waals surface area (Å²) >= 11 is 8.20. The number of nitrogens with one attached hydrogen (secondary N) is 1. The van der Waals surface area contributed by atoms with Gasteiger partial charge in [0.2, 0.25) is 0 Å². The van der Waals surface area contributed by atoms with E-state index in [1.165, 1.54) is 11.5 Å². The molecule has 0 unspecified atom stereocenters. The lowest BCUT2D eigenvalue weighted by Gasteiger charge is -2.27. The van der Waals surface area contributed by atoms with Gasteiger partial charge >= 0.3 is 0 Å². The summed E-state index contributed by atoms with van der Waals surface area (Å²) < 4.78 is 0. The highest BCUT2D eigenvalue weighted by molar-refractivity contribution is 7.99. The Morgan fingerprint density at radius 1 is 1.39 bits per heavy atom. The second-order valence-electron chi connectivity index (χ2n) is 4.37. The fraction of sp³-hybridized carbons (Fsp3) is 0.615. The van der Waals surface area contributed by atoms with Gasteiger partial charge in [-0.2, -0.15) is 11.8 Å². The van der Waals surface area contributed by atoms with Gasteiger partial charge in [-0.05, 0) is 25.1 Å². The lowest BCUT2D eigenvalue weighted by Crippen LogP contribution is -2.33. The number of hydrogen-bond acceptors (Lipinski definition) is 4. The van der Waals surface area contributed by atoms with Crippen molar-refractivity contribution < 1.29 is 0 Å². The predicted molar refractivity (Wildman–Crippen MR) is 80.8 cm³/mol. The monoisotopic (exact) mass is 285 g/mol. The van der Waals surface area contributed by atoms with Crippen LogP contribution in [0.15, 0.2) is 12.1 Å². The lowest BCUT2D eigenvalue weighted by atomic mass is 10.3.